The summed E-state index contributed by atoms with van der Waals surface area (Å²) in [6, 6.07) is 4.78. The lowest BCUT2D eigenvalue weighted by atomic mass is 10.1. The highest BCUT2D eigenvalue weighted by molar-refractivity contribution is 5.60. The molecule has 0 bridgehead atoms. The van der Waals surface area contributed by atoms with Crippen molar-refractivity contribution in [1.29, 1.82) is 0 Å². The van der Waals surface area contributed by atoms with Gasteiger partial charge >= 0.3 is 6.18 Å². The minimum absolute atomic E-state index is 0.187. The molecule has 6 heteroatoms. The van der Waals surface area contributed by atoms with Crippen LogP contribution in [0.15, 0.2) is 18.2 Å². The van der Waals surface area contributed by atoms with Gasteiger partial charge in [-0.25, -0.2) is 0 Å². The van der Waals surface area contributed by atoms with Gasteiger partial charge in [-0.15, -0.1) is 0 Å². The van der Waals surface area contributed by atoms with Gasteiger partial charge in [0.15, 0.2) is 0 Å². The fourth-order valence-corrected chi connectivity index (χ4v) is 1.99. The van der Waals surface area contributed by atoms with Crippen LogP contribution >= 0.6 is 0 Å². The van der Waals surface area contributed by atoms with E-state index in [4.69, 9.17) is 4.74 Å². The van der Waals surface area contributed by atoms with Crippen LogP contribution < -0.4 is 9.64 Å². The van der Waals surface area contributed by atoms with Gasteiger partial charge in [-0.3, -0.25) is 0 Å². The van der Waals surface area contributed by atoms with Crippen LogP contribution in [0.2, 0.25) is 0 Å². The lowest BCUT2D eigenvalue weighted by molar-refractivity contribution is -0.119. The topological polar surface area (TPSA) is 32.7 Å². The van der Waals surface area contributed by atoms with E-state index in [2.05, 4.69) is 0 Å². The van der Waals surface area contributed by atoms with Crippen molar-refractivity contribution >= 4 is 5.69 Å². The second kappa shape index (κ2) is 6.14. The van der Waals surface area contributed by atoms with Crippen molar-refractivity contribution in [3.63, 3.8) is 0 Å². The Labute approximate surface area is 110 Å². The molecule has 3 nitrogen and oxygen atoms in total. The summed E-state index contributed by atoms with van der Waals surface area (Å²) in [5.74, 6) is 0.383. The number of halogens is 3. The molecule has 0 spiro atoms. The van der Waals surface area contributed by atoms with Crippen molar-refractivity contribution in [2.75, 3.05) is 25.1 Å². The lowest BCUT2D eigenvalue weighted by Gasteiger charge is -2.28. The van der Waals surface area contributed by atoms with Gasteiger partial charge in [0.05, 0.1) is 13.2 Å². The maximum absolute atomic E-state index is 12.6. The predicted molar refractivity (Wildman–Crippen MR) is 67.6 cm³/mol. The second-order valence-corrected chi connectivity index (χ2v) is 4.20. The maximum Gasteiger partial charge on any atom is 0.405 e. The first-order valence-electron chi connectivity index (χ1n) is 5.96. The fourth-order valence-electron chi connectivity index (χ4n) is 1.99. The molecular weight excluding hydrogens is 259 g/mol. The van der Waals surface area contributed by atoms with Crippen molar-refractivity contribution in [2.24, 2.45) is 0 Å². The van der Waals surface area contributed by atoms with Crippen LogP contribution in [0.5, 0.6) is 5.75 Å². The van der Waals surface area contributed by atoms with E-state index in [1.54, 1.807) is 25.1 Å². The van der Waals surface area contributed by atoms with Gasteiger partial charge < -0.3 is 14.7 Å². The molecule has 0 heterocycles. The molecule has 0 aliphatic heterocycles. The van der Waals surface area contributed by atoms with Crippen LogP contribution in [-0.4, -0.2) is 31.5 Å². The van der Waals surface area contributed by atoms with Crippen LogP contribution in [-0.2, 0) is 0 Å². The third kappa shape index (κ3) is 4.02. The molecule has 1 aromatic carbocycles. The van der Waals surface area contributed by atoms with Gasteiger partial charge in [0.2, 0.25) is 0 Å². The Balaban J connectivity index is 3.23. The molecule has 1 N–H and O–H groups in total. The molecule has 0 aromatic heterocycles. The van der Waals surface area contributed by atoms with Gasteiger partial charge in [-0.2, -0.15) is 13.2 Å². The normalized spacial score (nSPS) is 13.2. The zero-order valence-electron chi connectivity index (χ0n) is 11.2. The highest BCUT2D eigenvalue weighted by Crippen LogP contribution is 2.35. The molecule has 108 valence electrons. The number of aliphatic hydroxyl groups excluding tert-OH is 1. The number of hydrogen-bond donors (Lipinski definition) is 1. The van der Waals surface area contributed by atoms with Crippen molar-refractivity contribution in [3.05, 3.63) is 23.8 Å². The molecule has 0 radical (unpaired) electrons. The molecule has 1 unspecified atom stereocenters. The monoisotopic (exact) mass is 277 g/mol. The SMILES string of the molecule is CCN(CC(F)(F)F)c1cccc(OC)c1C(C)O. The highest BCUT2D eigenvalue weighted by Gasteiger charge is 2.31. The van der Waals surface area contributed by atoms with Crippen LogP contribution in [0.1, 0.15) is 25.5 Å². The van der Waals surface area contributed by atoms with Crippen LogP contribution in [0.4, 0.5) is 18.9 Å². The van der Waals surface area contributed by atoms with Crippen molar-refractivity contribution in [2.45, 2.75) is 26.1 Å². The summed E-state index contributed by atoms with van der Waals surface area (Å²) >= 11 is 0. The molecule has 0 amide bonds. The largest absolute Gasteiger partial charge is 0.496 e. The number of methoxy groups -OCH3 is 1. The third-order valence-corrected chi connectivity index (χ3v) is 2.77. The van der Waals surface area contributed by atoms with E-state index in [1.165, 1.54) is 18.9 Å². The van der Waals surface area contributed by atoms with E-state index in [0.717, 1.165) is 0 Å². The number of benzene rings is 1. The quantitative estimate of drug-likeness (QED) is 0.897. The summed E-state index contributed by atoms with van der Waals surface area (Å²) in [6.07, 6.45) is -5.21. The average Bonchev–Trinajstić information content (AvgIpc) is 2.33. The van der Waals surface area contributed by atoms with Crippen LogP contribution in [0.25, 0.3) is 0 Å². The van der Waals surface area contributed by atoms with Gasteiger partial charge in [0.1, 0.15) is 12.3 Å². The van der Waals surface area contributed by atoms with E-state index in [-0.39, 0.29) is 6.54 Å². The predicted octanol–water partition coefficient (Wildman–Crippen LogP) is 3.14. The van der Waals surface area contributed by atoms with E-state index in [0.29, 0.717) is 17.0 Å². The Morgan fingerprint density at radius 2 is 2.00 bits per heavy atom. The number of aliphatic hydroxyl groups is 1. The average molecular weight is 277 g/mol. The molecular formula is C13H18F3NO2. The standard InChI is InChI=1S/C13H18F3NO2/c1-4-17(8-13(14,15)16)10-6-5-7-11(19-3)12(10)9(2)18/h5-7,9,18H,4,8H2,1-3H3. The van der Waals surface area contributed by atoms with E-state index >= 15 is 0 Å². The summed E-state index contributed by atoms with van der Waals surface area (Å²) < 4.78 is 42.8. The minimum Gasteiger partial charge on any atom is -0.496 e. The highest BCUT2D eigenvalue weighted by atomic mass is 19.4. The van der Waals surface area contributed by atoms with Crippen LogP contribution in [0, 0.1) is 0 Å². The Hall–Kier alpha value is -1.43. The van der Waals surface area contributed by atoms with Crippen molar-refractivity contribution in [3.8, 4) is 5.75 Å². The number of rotatable bonds is 5. The second-order valence-electron chi connectivity index (χ2n) is 4.20. The van der Waals surface area contributed by atoms with Crippen molar-refractivity contribution in [1.82, 2.24) is 0 Å². The van der Waals surface area contributed by atoms with E-state index in [9.17, 15) is 18.3 Å². The smallest absolute Gasteiger partial charge is 0.405 e. The van der Waals surface area contributed by atoms with Gasteiger partial charge in [-0.1, -0.05) is 6.07 Å². The summed E-state index contributed by atoms with van der Waals surface area (Å²) in [4.78, 5) is 1.17. The summed E-state index contributed by atoms with van der Waals surface area (Å²) in [5.41, 5.74) is 0.713. The number of ether oxygens (including phenoxy) is 1. The first-order valence-corrected chi connectivity index (χ1v) is 5.96. The molecule has 0 fully saturated rings. The molecule has 1 aromatic rings. The van der Waals surface area contributed by atoms with Crippen molar-refractivity contribution < 1.29 is 23.0 Å². The molecule has 0 aliphatic rings. The number of hydrogen-bond acceptors (Lipinski definition) is 3. The lowest BCUT2D eigenvalue weighted by Crippen LogP contribution is -2.34. The summed E-state index contributed by atoms with van der Waals surface area (Å²) in [7, 11) is 1.42. The molecule has 19 heavy (non-hydrogen) atoms. The molecule has 1 rings (SSSR count). The molecule has 0 saturated heterocycles. The first kappa shape index (κ1) is 15.6. The molecule has 0 saturated carbocycles. The van der Waals surface area contributed by atoms with E-state index in [1.807, 2.05) is 0 Å². The first-order chi connectivity index (χ1) is 8.80. The van der Waals surface area contributed by atoms with Gasteiger partial charge in [-0.05, 0) is 26.0 Å². The summed E-state index contributed by atoms with van der Waals surface area (Å²) in [6.45, 7) is 2.27. The summed E-state index contributed by atoms with van der Waals surface area (Å²) in [5, 5.41) is 9.77. The zero-order chi connectivity index (χ0) is 14.6. The Morgan fingerprint density at radius 1 is 1.37 bits per heavy atom. The Kier molecular flexibility index (Phi) is 5.05. The molecule has 0 aliphatic carbocycles. The zero-order valence-corrected chi connectivity index (χ0v) is 11.2. The maximum atomic E-state index is 12.6. The fraction of sp³-hybridized carbons (Fsp3) is 0.538. The van der Waals surface area contributed by atoms with E-state index < -0.39 is 18.8 Å². The Bertz CT molecular complexity index is 419. The number of anilines is 1. The minimum atomic E-state index is -4.30. The number of alkyl halides is 3. The third-order valence-electron chi connectivity index (χ3n) is 2.77. The Morgan fingerprint density at radius 3 is 2.42 bits per heavy atom. The molecule has 1 atom stereocenters. The van der Waals surface area contributed by atoms with Crippen LogP contribution in [0.3, 0.4) is 0 Å². The van der Waals surface area contributed by atoms with Gasteiger partial charge in [0.25, 0.3) is 0 Å². The number of nitrogens with zero attached hydrogens (tertiary/aromatic N) is 1. The van der Waals surface area contributed by atoms with Gasteiger partial charge in [0, 0.05) is 17.8 Å².